The molecule has 0 spiro atoms. The lowest BCUT2D eigenvalue weighted by Crippen LogP contribution is -2.47. The highest BCUT2D eigenvalue weighted by atomic mass is 32.2. The summed E-state index contributed by atoms with van der Waals surface area (Å²) in [5, 5.41) is 14.9. The highest BCUT2D eigenvalue weighted by molar-refractivity contribution is 7.93. The van der Waals surface area contributed by atoms with E-state index in [-0.39, 0.29) is 17.9 Å². The lowest BCUT2D eigenvalue weighted by atomic mass is 10.0. The number of halogens is 3. The molecular formula is C30H25F3N4O4S. The van der Waals surface area contributed by atoms with Gasteiger partial charge in [0.1, 0.15) is 6.04 Å². The van der Waals surface area contributed by atoms with Gasteiger partial charge in [-0.05, 0) is 58.1 Å². The zero-order valence-electron chi connectivity index (χ0n) is 21.9. The first-order valence-corrected chi connectivity index (χ1v) is 14.2. The van der Waals surface area contributed by atoms with Crippen LogP contribution in [0.5, 0.6) is 0 Å². The van der Waals surface area contributed by atoms with Crippen molar-refractivity contribution in [3.8, 4) is 11.1 Å². The number of alkyl halides is 3. The van der Waals surface area contributed by atoms with E-state index < -0.39 is 33.7 Å². The summed E-state index contributed by atoms with van der Waals surface area (Å²) in [4.78, 5) is 13.3. The number of fused-ring (bicyclic) bond motifs is 1. The Morgan fingerprint density at radius 3 is 2.36 bits per heavy atom. The van der Waals surface area contributed by atoms with Gasteiger partial charge in [0.15, 0.2) is 0 Å². The molecule has 0 bridgehead atoms. The molecule has 0 saturated carbocycles. The van der Waals surface area contributed by atoms with E-state index in [1.54, 1.807) is 54.1 Å². The van der Waals surface area contributed by atoms with Crippen LogP contribution in [0.3, 0.4) is 0 Å². The SMILES string of the molecule is O=C(NCc1ccc(C=NNO)cc1)[C@@H]1Cc2ccccc2N1S(=O)(=O)c1ccc(-c2cccc(C(F)(F)F)c2)cc1. The van der Waals surface area contributed by atoms with Crippen molar-refractivity contribution in [3.63, 3.8) is 0 Å². The molecule has 4 aromatic rings. The van der Waals surface area contributed by atoms with E-state index in [1.165, 1.54) is 42.6 Å². The van der Waals surface area contributed by atoms with Crippen LogP contribution in [0.25, 0.3) is 11.1 Å². The molecule has 0 aromatic heterocycles. The number of hydrogen-bond donors (Lipinski definition) is 3. The van der Waals surface area contributed by atoms with Crippen LogP contribution >= 0.6 is 0 Å². The Bertz CT molecular complexity index is 1720. The maximum absolute atomic E-state index is 13.9. The number of sulfonamides is 1. The Labute approximate surface area is 240 Å². The fraction of sp³-hybridized carbons (Fsp3) is 0.133. The normalized spacial score (nSPS) is 15.0. The minimum atomic E-state index is -4.51. The number of carbonyl (C=O) groups is 1. The third-order valence-electron chi connectivity index (χ3n) is 6.88. The maximum Gasteiger partial charge on any atom is 0.416 e. The average Bonchev–Trinajstić information content (AvgIpc) is 3.40. The minimum absolute atomic E-state index is 0.0950. The molecule has 216 valence electrons. The van der Waals surface area contributed by atoms with Crippen LogP contribution in [-0.4, -0.2) is 31.8 Å². The molecule has 42 heavy (non-hydrogen) atoms. The van der Waals surface area contributed by atoms with Crippen molar-refractivity contribution in [2.75, 3.05) is 4.31 Å². The highest BCUT2D eigenvalue weighted by Crippen LogP contribution is 2.38. The first-order valence-electron chi connectivity index (χ1n) is 12.8. The van der Waals surface area contributed by atoms with Crippen LogP contribution in [-0.2, 0) is 34.0 Å². The highest BCUT2D eigenvalue weighted by Gasteiger charge is 2.42. The van der Waals surface area contributed by atoms with Gasteiger partial charge >= 0.3 is 6.18 Å². The van der Waals surface area contributed by atoms with Crippen LogP contribution in [0.4, 0.5) is 18.9 Å². The largest absolute Gasteiger partial charge is 0.416 e. The summed E-state index contributed by atoms with van der Waals surface area (Å²) in [6.45, 7) is 0.154. The second-order valence-electron chi connectivity index (χ2n) is 9.57. The van der Waals surface area contributed by atoms with E-state index in [0.29, 0.717) is 27.9 Å². The van der Waals surface area contributed by atoms with Crippen LogP contribution in [0, 0.1) is 0 Å². The number of carbonyl (C=O) groups excluding carboxylic acids is 1. The predicted octanol–water partition coefficient (Wildman–Crippen LogP) is 5.12. The van der Waals surface area contributed by atoms with E-state index >= 15 is 0 Å². The molecule has 0 saturated heterocycles. The standard InChI is InChI=1S/C30H25F3N4O4S/c31-30(32,33)25-6-3-5-23(16-25)22-12-14-26(15-13-22)42(40,41)37-27-7-2-1-4-24(27)17-28(37)29(38)34-18-20-8-10-21(11-9-20)19-35-36-39/h1-16,19,28,36,39H,17-18H2,(H,34,38)/t28-/m0/s1. The van der Waals surface area contributed by atoms with Crippen molar-refractivity contribution >= 4 is 27.8 Å². The molecule has 0 aliphatic carbocycles. The van der Waals surface area contributed by atoms with E-state index in [0.717, 1.165) is 22.0 Å². The summed E-state index contributed by atoms with van der Waals surface area (Å²) in [7, 11) is -4.22. The number of anilines is 1. The molecule has 1 amide bonds. The van der Waals surface area contributed by atoms with Gasteiger partial charge in [0.25, 0.3) is 10.0 Å². The number of para-hydroxylation sites is 1. The third-order valence-corrected chi connectivity index (χ3v) is 8.72. The van der Waals surface area contributed by atoms with Crippen molar-refractivity contribution in [1.29, 1.82) is 0 Å². The Kier molecular flexibility index (Phi) is 8.01. The first kappa shape index (κ1) is 28.8. The van der Waals surface area contributed by atoms with Gasteiger partial charge in [-0.25, -0.2) is 8.42 Å². The van der Waals surface area contributed by atoms with E-state index in [2.05, 4.69) is 10.4 Å². The van der Waals surface area contributed by atoms with Crippen molar-refractivity contribution in [2.24, 2.45) is 5.10 Å². The van der Waals surface area contributed by atoms with Gasteiger partial charge in [-0.2, -0.15) is 23.9 Å². The summed E-state index contributed by atoms with van der Waals surface area (Å²) in [5.74, 6) is -0.481. The summed E-state index contributed by atoms with van der Waals surface area (Å²) in [5.41, 5.74) is 4.16. The monoisotopic (exact) mass is 594 g/mol. The van der Waals surface area contributed by atoms with Gasteiger partial charge in [0.2, 0.25) is 5.91 Å². The molecule has 12 heteroatoms. The van der Waals surface area contributed by atoms with E-state index in [1.807, 2.05) is 0 Å². The van der Waals surface area contributed by atoms with Crippen LogP contribution in [0.15, 0.2) is 107 Å². The molecule has 1 aliphatic heterocycles. The zero-order valence-corrected chi connectivity index (χ0v) is 22.7. The molecule has 1 atom stereocenters. The minimum Gasteiger partial charge on any atom is -0.350 e. The molecule has 8 nitrogen and oxygen atoms in total. The number of nitrogens with zero attached hydrogens (tertiary/aromatic N) is 2. The number of rotatable bonds is 8. The number of benzene rings is 4. The van der Waals surface area contributed by atoms with Crippen LogP contribution < -0.4 is 15.2 Å². The smallest absolute Gasteiger partial charge is 0.350 e. The molecule has 3 N–H and O–H groups in total. The number of hydrogen-bond acceptors (Lipinski definition) is 6. The second kappa shape index (κ2) is 11.7. The Morgan fingerprint density at radius 2 is 1.67 bits per heavy atom. The Hall–Kier alpha value is -4.68. The van der Waals surface area contributed by atoms with Gasteiger partial charge in [-0.3, -0.25) is 14.3 Å². The van der Waals surface area contributed by atoms with Crippen molar-refractivity contribution in [2.45, 2.75) is 30.1 Å². The van der Waals surface area contributed by atoms with Gasteiger partial charge in [0.05, 0.1) is 22.4 Å². The second-order valence-corrected chi connectivity index (χ2v) is 11.4. The summed E-state index contributed by atoms with van der Waals surface area (Å²) < 4.78 is 68.4. The average molecular weight is 595 g/mol. The summed E-state index contributed by atoms with van der Waals surface area (Å²) in [6.07, 6.45) is -2.92. The van der Waals surface area contributed by atoms with Gasteiger partial charge in [0, 0.05) is 13.0 Å². The first-order chi connectivity index (χ1) is 20.1. The molecular weight excluding hydrogens is 569 g/mol. The fourth-order valence-electron chi connectivity index (χ4n) is 4.79. The van der Waals surface area contributed by atoms with Crippen molar-refractivity contribution < 1.29 is 31.6 Å². The quantitative estimate of drug-likeness (QED) is 0.194. The van der Waals surface area contributed by atoms with Crippen molar-refractivity contribution in [1.82, 2.24) is 10.9 Å². The maximum atomic E-state index is 13.9. The molecule has 0 unspecified atom stereocenters. The van der Waals surface area contributed by atoms with Crippen LogP contribution in [0.1, 0.15) is 22.3 Å². The summed E-state index contributed by atoms with van der Waals surface area (Å²) in [6, 6.07) is 23.2. The van der Waals surface area contributed by atoms with Gasteiger partial charge < -0.3 is 5.32 Å². The topological polar surface area (TPSA) is 111 Å². The van der Waals surface area contributed by atoms with Gasteiger partial charge in [-0.15, -0.1) is 0 Å². The lowest BCUT2D eigenvalue weighted by molar-refractivity contribution is -0.137. The number of amides is 1. The predicted molar refractivity (Wildman–Crippen MR) is 151 cm³/mol. The molecule has 0 fully saturated rings. The molecule has 1 aliphatic rings. The van der Waals surface area contributed by atoms with Crippen LogP contribution in [0.2, 0.25) is 0 Å². The third kappa shape index (κ3) is 5.99. The Morgan fingerprint density at radius 1 is 0.952 bits per heavy atom. The van der Waals surface area contributed by atoms with E-state index in [9.17, 15) is 26.4 Å². The fourth-order valence-corrected chi connectivity index (χ4v) is 6.44. The van der Waals surface area contributed by atoms with Crippen molar-refractivity contribution in [3.05, 3.63) is 119 Å². The number of nitrogens with one attached hydrogen (secondary N) is 2. The Balaban J connectivity index is 1.38. The molecule has 4 aromatic carbocycles. The number of hydrazone groups is 1. The van der Waals surface area contributed by atoms with Gasteiger partial charge in [-0.1, -0.05) is 66.7 Å². The van der Waals surface area contributed by atoms with E-state index in [4.69, 9.17) is 5.21 Å². The zero-order chi connectivity index (χ0) is 29.9. The molecule has 0 radical (unpaired) electrons. The lowest BCUT2D eigenvalue weighted by Gasteiger charge is -2.26. The molecule has 1 heterocycles. The molecule has 5 rings (SSSR count). The summed E-state index contributed by atoms with van der Waals surface area (Å²) >= 11 is 0.